The van der Waals surface area contributed by atoms with Gasteiger partial charge in [-0.1, -0.05) is 18.2 Å². The summed E-state index contributed by atoms with van der Waals surface area (Å²) in [5.41, 5.74) is 3.48. The maximum Gasteiger partial charge on any atom is 0.336 e. The Bertz CT molecular complexity index is 1060. The van der Waals surface area contributed by atoms with E-state index in [1.54, 1.807) is 17.0 Å². The van der Waals surface area contributed by atoms with Crippen LogP contribution in [0.3, 0.4) is 0 Å². The van der Waals surface area contributed by atoms with E-state index in [4.69, 9.17) is 18.9 Å². The lowest BCUT2D eigenvalue weighted by Crippen LogP contribution is -2.37. The summed E-state index contributed by atoms with van der Waals surface area (Å²) in [6.07, 6.45) is 0.105. The summed E-state index contributed by atoms with van der Waals surface area (Å²) in [6.45, 7) is 2.01. The zero-order chi connectivity index (χ0) is 21.4. The van der Waals surface area contributed by atoms with Crippen molar-refractivity contribution >= 4 is 17.6 Å². The summed E-state index contributed by atoms with van der Waals surface area (Å²) in [5.74, 6) is 0.324. The average Bonchev–Trinajstić information content (AvgIpc) is 3.13. The van der Waals surface area contributed by atoms with E-state index >= 15 is 0 Å². The highest BCUT2D eigenvalue weighted by atomic mass is 16.5. The first-order chi connectivity index (χ1) is 14.5. The molecule has 2 aromatic rings. The maximum atomic E-state index is 13.2. The largest absolute Gasteiger partial charge is 0.493 e. The van der Waals surface area contributed by atoms with Gasteiger partial charge in [0, 0.05) is 23.6 Å². The van der Waals surface area contributed by atoms with Crippen LogP contribution in [0.5, 0.6) is 17.2 Å². The Morgan fingerprint density at radius 1 is 1.00 bits per heavy atom. The molecule has 2 aliphatic heterocycles. The molecule has 2 aliphatic rings. The van der Waals surface area contributed by atoms with Crippen LogP contribution >= 0.6 is 0 Å². The van der Waals surface area contributed by atoms with E-state index in [1.165, 1.54) is 21.3 Å². The van der Waals surface area contributed by atoms with Crippen molar-refractivity contribution in [3.05, 3.63) is 58.8 Å². The molecule has 0 aliphatic carbocycles. The number of ether oxygens (including phenoxy) is 4. The Hall–Kier alpha value is -3.48. The van der Waals surface area contributed by atoms with Crippen molar-refractivity contribution in [2.75, 3.05) is 32.8 Å². The van der Waals surface area contributed by atoms with E-state index < -0.39 is 11.9 Å². The van der Waals surface area contributed by atoms with Gasteiger partial charge in [-0.05, 0) is 30.7 Å². The highest BCUT2D eigenvalue weighted by Gasteiger charge is 2.44. The molecule has 156 valence electrons. The topological polar surface area (TPSA) is 74.3 Å². The fourth-order valence-corrected chi connectivity index (χ4v) is 4.19. The van der Waals surface area contributed by atoms with Crippen molar-refractivity contribution in [2.45, 2.75) is 19.3 Å². The average molecular weight is 409 g/mol. The van der Waals surface area contributed by atoms with Crippen LogP contribution in [0.4, 0.5) is 5.69 Å². The molecule has 0 saturated heterocycles. The van der Waals surface area contributed by atoms with Gasteiger partial charge < -0.3 is 18.9 Å². The van der Waals surface area contributed by atoms with Crippen molar-refractivity contribution in [3.8, 4) is 17.2 Å². The third-order valence-corrected chi connectivity index (χ3v) is 5.49. The van der Waals surface area contributed by atoms with Crippen LogP contribution in [0, 0.1) is 6.92 Å². The molecule has 0 bridgehead atoms. The zero-order valence-electron chi connectivity index (χ0n) is 17.4. The van der Waals surface area contributed by atoms with E-state index in [0.29, 0.717) is 34.1 Å². The van der Waals surface area contributed by atoms with Gasteiger partial charge in [-0.25, -0.2) is 4.79 Å². The Balaban J connectivity index is 1.88. The van der Waals surface area contributed by atoms with Gasteiger partial charge in [0.2, 0.25) is 11.7 Å². The molecule has 0 unspecified atom stereocenters. The van der Waals surface area contributed by atoms with E-state index in [9.17, 15) is 9.59 Å². The molecule has 7 heteroatoms. The predicted octanol–water partition coefficient (Wildman–Crippen LogP) is 3.35. The van der Waals surface area contributed by atoms with Gasteiger partial charge >= 0.3 is 5.97 Å². The molecule has 0 radical (unpaired) electrons. The monoisotopic (exact) mass is 409 g/mol. The summed E-state index contributed by atoms with van der Waals surface area (Å²) in [6, 6.07) is 11.2. The molecule has 1 amide bonds. The van der Waals surface area contributed by atoms with Crippen LogP contribution in [0.25, 0.3) is 0 Å². The minimum Gasteiger partial charge on any atom is -0.493 e. The molecule has 0 spiro atoms. The first kappa shape index (κ1) is 19.8. The standard InChI is InChI=1S/C23H23NO6/c1-13-6-5-7-14(10-13)24-17-12-30-23(26)20(17)16(11-19(24)25)15-8-9-18(27-2)22(29-4)21(15)28-3/h5-10,16H,11-12H2,1-4H3/t16-/m1/s1. The van der Waals surface area contributed by atoms with E-state index in [-0.39, 0.29) is 18.9 Å². The molecule has 0 aromatic heterocycles. The Morgan fingerprint density at radius 2 is 1.77 bits per heavy atom. The second-order valence-electron chi connectivity index (χ2n) is 7.18. The number of methoxy groups -OCH3 is 3. The minimum atomic E-state index is -0.502. The summed E-state index contributed by atoms with van der Waals surface area (Å²) in [4.78, 5) is 27.5. The first-order valence-corrected chi connectivity index (χ1v) is 9.58. The molecule has 0 fully saturated rings. The predicted molar refractivity (Wildman–Crippen MR) is 110 cm³/mol. The first-order valence-electron chi connectivity index (χ1n) is 9.58. The lowest BCUT2D eigenvalue weighted by atomic mass is 9.83. The molecule has 0 saturated carbocycles. The SMILES string of the molecule is COc1ccc([C@H]2CC(=O)N(c3cccc(C)c3)C3=C2C(=O)OC3)c(OC)c1OC. The second kappa shape index (κ2) is 7.74. The fourth-order valence-electron chi connectivity index (χ4n) is 4.19. The number of cyclic esters (lactones) is 1. The molecule has 30 heavy (non-hydrogen) atoms. The number of anilines is 1. The second-order valence-corrected chi connectivity index (χ2v) is 7.18. The van der Waals surface area contributed by atoms with Gasteiger partial charge in [-0.3, -0.25) is 9.69 Å². The van der Waals surface area contributed by atoms with Gasteiger partial charge in [0.25, 0.3) is 0 Å². The molecule has 7 nitrogen and oxygen atoms in total. The van der Waals surface area contributed by atoms with Crippen molar-refractivity contribution in [2.24, 2.45) is 0 Å². The highest BCUT2D eigenvalue weighted by Crippen LogP contribution is 2.49. The molecule has 0 N–H and O–H groups in total. The number of aryl methyl sites for hydroxylation is 1. The van der Waals surface area contributed by atoms with Crippen LogP contribution in [-0.4, -0.2) is 39.8 Å². The van der Waals surface area contributed by atoms with Gasteiger partial charge in [0.1, 0.15) is 6.61 Å². The molecular weight excluding hydrogens is 386 g/mol. The summed E-state index contributed by atoms with van der Waals surface area (Å²) in [7, 11) is 4.58. The van der Waals surface area contributed by atoms with Gasteiger partial charge in [0.05, 0.1) is 32.6 Å². The molecule has 1 atom stereocenters. The number of nitrogens with zero attached hydrogens (tertiary/aromatic N) is 1. The molecular formula is C23H23NO6. The van der Waals surface area contributed by atoms with Crippen molar-refractivity contribution < 1.29 is 28.5 Å². The molecule has 2 heterocycles. The number of amides is 1. The smallest absolute Gasteiger partial charge is 0.336 e. The van der Waals surface area contributed by atoms with Crippen LogP contribution in [0.1, 0.15) is 23.5 Å². The number of esters is 1. The Morgan fingerprint density at radius 3 is 2.43 bits per heavy atom. The Kier molecular flexibility index (Phi) is 5.11. The number of benzene rings is 2. The number of carbonyl (C=O) groups is 2. The van der Waals surface area contributed by atoms with Gasteiger partial charge in [0.15, 0.2) is 11.5 Å². The third kappa shape index (κ3) is 3.07. The summed E-state index contributed by atoms with van der Waals surface area (Å²) < 4.78 is 21.8. The lowest BCUT2D eigenvalue weighted by molar-refractivity contribution is -0.136. The highest BCUT2D eigenvalue weighted by molar-refractivity contribution is 6.06. The van der Waals surface area contributed by atoms with E-state index in [1.807, 2.05) is 31.2 Å². The third-order valence-electron chi connectivity index (χ3n) is 5.49. The summed E-state index contributed by atoms with van der Waals surface area (Å²) in [5, 5.41) is 0. The van der Waals surface area contributed by atoms with Gasteiger partial charge in [-0.2, -0.15) is 0 Å². The summed E-state index contributed by atoms with van der Waals surface area (Å²) >= 11 is 0. The lowest BCUT2D eigenvalue weighted by Gasteiger charge is -2.32. The van der Waals surface area contributed by atoms with Crippen LogP contribution in [0.2, 0.25) is 0 Å². The van der Waals surface area contributed by atoms with Crippen molar-refractivity contribution in [1.82, 2.24) is 0 Å². The van der Waals surface area contributed by atoms with Crippen molar-refractivity contribution in [1.29, 1.82) is 0 Å². The molecule has 2 aromatic carbocycles. The molecule has 4 rings (SSSR count). The number of carbonyl (C=O) groups excluding carboxylic acids is 2. The van der Waals surface area contributed by atoms with E-state index in [0.717, 1.165) is 11.3 Å². The van der Waals surface area contributed by atoms with Crippen LogP contribution < -0.4 is 19.1 Å². The van der Waals surface area contributed by atoms with Crippen LogP contribution in [0.15, 0.2) is 47.7 Å². The number of hydrogen-bond donors (Lipinski definition) is 0. The normalized spacial score (nSPS) is 18.3. The fraction of sp³-hybridized carbons (Fsp3) is 0.304. The van der Waals surface area contributed by atoms with E-state index in [2.05, 4.69) is 0 Å². The van der Waals surface area contributed by atoms with Gasteiger partial charge in [-0.15, -0.1) is 0 Å². The van der Waals surface area contributed by atoms with Crippen LogP contribution in [-0.2, 0) is 14.3 Å². The zero-order valence-corrected chi connectivity index (χ0v) is 17.4. The quantitative estimate of drug-likeness (QED) is 0.705. The Labute approximate surface area is 174 Å². The number of hydrogen-bond acceptors (Lipinski definition) is 6. The maximum absolute atomic E-state index is 13.2. The number of rotatable bonds is 5. The van der Waals surface area contributed by atoms with Crippen molar-refractivity contribution in [3.63, 3.8) is 0 Å². The minimum absolute atomic E-state index is 0.0555.